The number of benzene rings is 2. The van der Waals surface area contributed by atoms with Gasteiger partial charge in [0.05, 0.1) is 5.69 Å². The molecule has 0 spiro atoms. The van der Waals surface area contributed by atoms with Gasteiger partial charge in [0.15, 0.2) is 0 Å². The van der Waals surface area contributed by atoms with Gasteiger partial charge in [-0.2, -0.15) is 0 Å². The van der Waals surface area contributed by atoms with E-state index in [0.717, 1.165) is 26.6 Å². The van der Waals surface area contributed by atoms with Crippen molar-refractivity contribution < 1.29 is 0 Å². The summed E-state index contributed by atoms with van der Waals surface area (Å²) >= 11 is 8.01. The number of fused-ring (bicyclic) bond motifs is 2. The Morgan fingerprint density at radius 3 is 2.65 bits per heavy atom. The van der Waals surface area contributed by atoms with E-state index >= 15 is 0 Å². The first-order chi connectivity index (χ1) is 8.25. The molecule has 0 saturated heterocycles. The molecule has 3 heteroatoms. The zero-order valence-corrected chi connectivity index (χ0v) is 10.8. The molecule has 0 saturated carbocycles. The summed E-state index contributed by atoms with van der Waals surface area (Å²) in [7, 11) is 0. The lowest BCUT2D eigenvalue weighted by atomic mass is 10.2. The first-order valence-electron chi connectivity index (χ1n) is 5.37. The number of aliphatic imine (C=N–C) groups is 1. The number of rotatable bonds is 0. The van der Waals surface area contributed by atoms with Crippen LogP contribution in [-0.2, 0) is 0 Å². The van der Waals surface area contributed by atoms with Crippen molar-refractivity contribution in [3.05, 3.63) is 53.6 Å². The van der Waals surface area contributed by atoms with Crippen molar-refractivity contribution in [1.29, 1.82) is 0 Å². The van der Waals surface area contributed by atoms with Crippen LogP contribution in [0.15, 0.2) is 57.2 Å². The molecule has 3 rings (SSSR count). The van der Waals surface area contributed by atoms with E-state index < -0.39 is 0 Å². The summed E-state index contributed by atoms with van der Waals surface area (Å²) in [5, 5.41) is 0.571. The molecule has 0 unspecified atom stereocenters. The number of para-hydroxylation sites is 1. The summed E-state index contributed by atoms with van der Waals surface area (Å²) < 4.78 is 0. The van der Waals surface area contributed by atoms with Crippen LogP contribution in [0.5, 0.6) is 0 Å². The minimum Gasteiger partial charge on any atom is -0.235 e. The molecule has 1 nitrogen and oxygen atoms in total. The van der Waals surface area contributed by atoms with E-state index in [2.05, 4.69) is 36.2 Å². The van der Waals surface area contributed by atoms with Crippen LogP contribution >= 0.6 is 23.4 Å². The number of aryl methyl sites for hydroxylation is 1. The molecule has 84 valence electrons. The van der Waals surface area contributed by atoms with Crippen molar-refractivity contribution in [1.82, 2.24) is 0 Å². The maximum atomic E-state index is 6.29. The highest BCUT2D eigenvalue weighted by Crippen LogP contribution is 2.42. The Morgan fingerprint density at radius 1 is 1.00 bits per heavy atom. The van der Waals surface area contributed by atoms with Gasteiger partial charge in [0.2, 0.25) is 0 Å². The van der Waals surface area contributed by atoms with Crippen molar-refractivity contribution in [2.75, 3.05) is 0 Å². The molecular weight excluding hydrogens is 250 g/mol. The molecule has 17 heavy (non-hydrogen) atoms. The molecule has 0 bridgehead atoms. The van der Waals surface area contributed by atoms with E-state index in [9.17, 15) is 0 Å². The van der Waals surface area contributed by atoms with Crippen LogP contribution in [0.1, 0.15) is 11.1 Å². The third kappa shape index (κ3) is 1.88. The van der Waals surface area contributed by atoms with Gasteiger partial charge in [0, 0.05) is 15.4 Å². The molecule has 1 aliphatic rings. The maximum Gasteiger partial charge on any atom is 0.138 e. The molecule has 1 heterocycles. The second-order valence-electron chi connectivity index (χ2n) is 3.92. The third-order valence-electron chi connectivity index (χ3n) is 2.74. The van der Waals surface area contributed by atoms with E-state index in [4.69, 9.17) is 11.6 Å². The minimum atomic E-state index is 0.571. The largest absolute Gasteiger partial charge is 0.235 e. The fourth-order valence-electron chi connectivity index (χ4n) is 1.86. The summed E-state index contributed by atoms with van der Waals surface area (Å²) in [5.74, 6) is 0. The summed E-state index contributed by atoms with van der Waals surface area (Å²) in [5.41, 5.74) is 3.15. The van der Waals surface area contributed by atoms with Gasteiger partial charge < -0.3 is 0 Å². The summed E-state index contributed by atoms with van der Waals surface area (Å²) in [6.45, 7) is 2.06. The number of hydrogen-bond acceptors (Lipinski definition) is 2. The Morgan fingerprint density at radius 2 is 1.76 bits per heavy atom. The standard InChI is InChI=1S/C14H10ClNS/c1-9-5-4-8-12-13(9)16-14(15)10-6-2-3-7-11(10)17-12/h2-8H,1H3. The van der Waals surface area contributed by atoms with Gasteiger partial charge in [-0.1, -0.05) is 53.7 Å². The molecule has 0 radical (unpaired) electrons. The highest BCUT2D eigenvalue weighted by Gasteiger charge is 2.16. The van der Waals surface area contributed by atoms with E-state index in [-0.39, 0.29) is 0 Å². The van der Waals surface area contributed by atoms with Crippen molar-refractivity contribution >= 4 is 34.2 Å². The average Bonchev–Trinajstić information content (AvgIpc) is 2.47. The topological polar surface area (TPSA) is 12.4 Å². The zero-order chi connectivity index (χ0) is 11.8. The van der Waals surface area contributed by atoms with Crippen LogP contribution < -0.4 is 0 Å². The molecule has 0 N–H and O–H groups in total. The molecule has 0 amide bonds. The zero-order valence-electron chi connectivity index (χ0n) is 9.27. The Balaban J connectivity index is 2.28. The van der Waals surface area contributed by atoms with E-state index in [1.165, 1.54) is 0 Å². The second-order valence-corrected chi connectivity index (χ2v) is 5.36. The fourth-order valence-corrected chi connectivity index (χ4v) is 3.27. The molecular formula is C14H10ClNS. The molecule has 0 atom stereocenters. The van der Waals surface area contributed by atoms with Gasteiger partial charge in [-0.15, -0.1) is 0 Å². The first kappa shape index (κ1) is 10.9. The molecule has 0 aromatic heterocycles. The predicted octanol–water partition coefficient (Wildman–Crippen LogP) is 4.78. The monoisotopic (exact) mass is 259 g/mol. The van der Waals surface area contributed by atoms with Gasteiger partial charge >= 0.3 is 0 Å². The first-order valence-corrected chi connectivity index (χ1v) is 6.56. The van der Waals surface area contributed by atoms with Crippen LogP contribution in [0.4, 0.5) is 5.69 Å². The molecule has 0 aliphatic carbocycles. The van der Waals surface area contributed by atoms with Crippen LogP contribution in [-0.4, -0.2) is 5.17 Å². The summed E-state index contributed by atoms with van der Waals surface area (Å²) in [6, 6.07) is 14.3. The van der Waals surface area contributed by atoms with Gasteiger partial charge in [0.1, 0.15) is 5.17 Å². The Labute approximate surface area is 110 Å². The summed E-state index contributed by atoms with van der Waals surface area (Å²) in [4.78, 5) is 6.86. The lowest BCUT2D eigenvalue weighted by Crippen LogP contribution is -1.91. The molecule has 2 aromatic rings. The van der Waals surface area contributed by atoms with Gasteiger partial charge in [-0.3, -0.25) is 0 Å². The smallest absolute Gasteiger partial charge is 0.138 e. The molecule has 1 aliphatic heterocycles. The van der Waals surface area contributed by atoms with Gasteiger partial charge in [-0.05, 0) is 24.6 Å². The second kappa shape index (κ2) is 4.21. The fraction of sp³-hybridized carbons (Fsp3) is 0.0714. The Kier molecular flexibility index (Phi) is 2.69. The van der Waals surface area contributed by atoms with E-state index in [1.807, 2.05) is 18.2 Å². The lowest BCUT2D eigenvalue weighted by molar-refractivity contribution is 1.31. The van der Waals surface area contributed by atoms with Crippen molar-refractivity contribution in [3.8, 4) is 0 Å². The molecule has 0 fully saturated rings. The minimum absolute atomic E-state index is 0.571. The SMILES string of the molecule is Cc1cccc2c1N=C(Cl)c1ccccc1S2. The average molecular weight is 260 g/mol. The number of nitrogens with zero attached hydrogens (tertiary/aromatic N) is 1. The maximum absolute atomic E-state index is 6.29. The predicted molar refractivity (Wildman–Crippen MR) is 73.8 cm³/mol. The normalized spacial score (nSPS) is 13.4. The highest BCUT2D eigenvalue weighted by molar-refractivity contribution is 7.99. The highest BCUT2D eigenvalue weighted by atomic mass is 35.5. The Bertz CT molecular complexity index is 619. The third-order valence-corrected chi connectivity index (χ3v) is 4.15. The van der Waals surface area contributed by atoms with Crippen molar-refractivity contribution in [2.45, 2.75) is 16.7 Å². The van der Waals surface area contributed by atoms with Crippen molar-refractivity contribution in [2.24, 2.45) is 4.99 Å². The summed E-state index contributed by atoms with van der Waals surface area (Å²) in [6.07, 6.45) is 0. The van der Waals surface area contributed by atoms with Crippen molar-refractivity contribution in [3.63, 3.8) is 0 Å². The van der Waals surface area contributed by atoms with E-state index in [0.29, 0.717) is 5.17 Å². The van der Waals surface area contributed by atoms with Gasteiger partial charge in [-0.25, -0.2) is 4.99 Å². The van der Waals surface area contributed by atoms with Gasteiger partial charge in [0.25, 0.3) is 0 Å². The Hall–Kier alpha value is -1.25. The van der Waals surface area contributed by atoms with Crippen LogP contribution in [0.2, 0.25) is 0 Å². The number of halogens is 1. The van der Waals surface area contributed by atoms with E-state index in [1.54, 1.807) is 11.8 Å². The van der Waals surface area contributed by atoms with Crippen LogP contribution in [0.25, 0.3) is 0 Å². The quantitative estimate of drug-likeness (QED) is 0.663. The lowest BCUT2D eigenvalue weighted by Gasteiger charge is -2.05. The van der Waals surface area contributed by atoms with Crippen LogP contribution in [0.3, 0.4) is 0 Å². The number of hydrogen-bond donors (Lipinski definition) is 0. The van der Waals surface area contributed by atoms with Crippen LogP contribution in [0, 0.1) is 6.92 Å². The molecule has 2 aromatic carbocycles.